The first-order valence-electron chi connectivity index (χ1n) is 12.1. The van der Waals surface area contributed by atoms with Crippen molar-refractivity contribution in [1.29, 1.82) is 0 Å². The molecule has 2 saturated heterocycles. The summed E-state index contributed by atoms with van der Waals surface area (Å²) in [5, 5.41) is 22.4. The zero-order valence-electron chi connectivity index (χ0n) is 17.9. The summed E-state index contributed by atoms with van der Waals surface area (Å²) >= 11 is 0. The van der Waals surface area contributed by atoms with E-state index in [1.165, 1.54) is 57.8 Å². The van der Waals surface area contributed by atoms with Crippen LogP contribution in [0.3, 0.4) is 0 Å². The Kier molecular flexibility index (Phi) is 9.47. The van der Waals surface area contributed by atoms with Crippen molar-refractivity contribution >= 4 is 5.97 Å². The zero-order chi connectivity index (χ0) is 20.5. The Morgan fingerprint density at radius 3 is 2.55 bits per heavy atom. The summed E-state index contributed by atoms with van der Waals surface area (Å²) in [5.74, 6) is 1.14. The third-order valence-electron chi connectivity index (χ3n) is 7.37. The van der Waals surface area contributed by atoms with Gasteiger partial charge in [0.25, 0.3) is 0 Å². The summed E-state index contributed by atoms with van der Waals surface area (Å²) in [6.07, 6.45) is 19.1. The molecule has 3 aliphatic rings. The molecule has 5 atom stereocenters. The first-order valence-corrected chi connectivity index (χ1v) is 12.1. The van der Waals surface area contributed by atoms with Crippen LogP contribution in [0.2, 0.25) is 0 Å². The van der Waals surface area contributed by atoms with Crippen LogP contribution >= 0.6 is 0 Å². The van der Waals surface area contributed by atoms with Gasteiger partial charge in [0.05, 0.1) is 18.3 Å². The van der Waals surface area contributed by atoms with Gasteiger partial charge in [0.15, 0.2) is 0 Å². The van der Waals surface area contributed by atoms with Crippen LogP contribution in [0.5, 0.6) is 0 Å². The number of aliphatic carboxylic acids is 1. The predicted octanol–water partition coefficient (Wildman–Crippen LogP) is 4.29. The lowest BCUT2D eigenvalue weighted by atomic mass is 9.75. The van der Waals surface area contributed by atoms with Crippen molar-refractivity contribution in [3.8, 4) is 0 Å². The predicted molar refractivity (Wildman–Crippen MR) is 115 cm³/mol. The number of aliphatic hydroxyl groups is 1. The van der Waals surface area contributed by atoms with E-state index < -0.39 is 5.97 Å². The van der Waals surface area contributed by atoms with Gasteiger partial charge in [-0.25, -0.2) is 0 Å². The van der Waals surface area contributed by atoms with Crippen LogP contribution in [0.25, 0.3) is 0 Å². The monoisotopic (exact) mass is 407 g/mol. The van der Waals surface area contributed by atoms with Gasteiger partial charge in [-0.3, -0.25) is 4.79 Å². The van der Waals surface area contributed by atoms with Gasteiger partial charge in [0.2, 0.25) is 0 Å². The van der Waals surface area contributed by atoms with E-state index in [0.29, 0.717) is 30.0 Å². The van der Waals surface area contributed by atoms with E-state index in [9.17, 15) is 9.90 Å². The molecule has 3 fully saturated rings. The highest BCUT2D eigenvalue weighted by molar-refractivity contribution is 5.66. The number of carboxylic acid groups (broad SMARTS) is 1. The first-order chi connectivity index (χ1) is 14.1. The average Bonchev–Trinajstić information content (AvgIpc) is 3.45. The van der Waals surface area contributed by atoms with Crippen LogP contribution in [0.15, 0.2) is 12.2 Å². The fourth-order valence-corrected chi connectivity index (χ4v) is 5.73. The number of hydrogen-bond donors (Lipinski definition) is 3. The van der Waals surface area contributed by atoms with Gasteiger partial charge in [0.1, 0.15) is 0 Å². The van der Waals surface area contributed by atoms with Crippen molar-refractivity contribution in [2.45, 2.75) is 102 Å². The lowest BCUT2D eigenvalue weighted by Crippen LogP contribution is -2.32. The van der Waals surface area contributed by atoms with E-state index in [4.69, 9.17) is 9.84 Å². The molecule has 2 bridgehead atoms. The molecule has 1 unspecified atom stereocenters. The largest absolute Gasteiger partial charge is 0.481 e. The van der Waals surface area contributed by atoms with Gasteiger partial charge in [0, 0.05) is 13.0 Å². The van der Waals surface area contributed by atoms with E-state index in [2.05, 4.69) is 17.5 Å². The Bertz CT molecular complexity index is 517. The number of carboxylic acids is 1. The summed E-state index contributed by atoms with van der Waals surface area (Å²) in [4.78, 5) is 10.6. The van der Waals surface area contributed by atoms with Gasteiger partial charge < -0.3 is 20.3 Å². The number of nitrogens with one attached hydrogen (secondary N) is 1. The number of hydrogen-bond acceptors (Lipinski definition) is 4. The highest BCUT2D eigenvalue weighted by Crippen LogP contribution is 2.47. The number of fused-ring (bicyclic) bond motifs is 2. The van der Waals surface area contributed by atoms with Crippen molar-refractivity contribution in [2.24, 2.45) is 17.8 Å². The summed E-state index contributed by atoms with van der Waals surface area (Å²) in [6, 6.07) is 0. The zero-order valence-corrected chi connectivity index (χ0v) is 17.9. The molecule has 3 rings (SSSR count). The van der Waals surface area contributed by atoms with Crippen molar-refractivity contribution < 1.29 is 19.7 Å². The second-order valence-electron chi connectivity index (χ2n) is 9.42. The summed E-state index contributed by atoms with van der Waals surface area (Å²) < 4.78 is 6.21. The molecule has 2 aliphatic heterocycles. The highest BCUT2D eigenvalue weighted by Gasteiger charge is 2.47. The van der Waals surface area contributed by atoms with Crippen LogP contribution in [-0.4, -0.2) is 47.6 Å². The Balaban J connectivity index is 1.28. The SMILES string of the molecule is O=C(O)CCCC=CC[C@@H]1[C@H](CCCCNCC(O)C2CCCC2)[C@@H]2CC[C@H]1O2. The molecule has 5 heteroatoms. The quantitative estimate of drug-likeness (QED) is 0.296. The van der Waals surface area contributed by atoms with Crippen LogP contribution in [-0.2, 0) is 9.53 Å². The molecule has 29 heavy (non-hydrogen) atoms. The number of ether oxygens (including phenoxy) is 1. The Hall–Kier alpha value is -0.910. The molecule has 166 valence electrons. The molecule has 3 N–H and O–H groups in total. The molecule has 5 nitrogen and oxygen atoms in total. The van der Waals surface area contributed by atoms with Gasteiger partial charge in [-0.2, -0.15) is 0 Å². The molecular weight excluding hydrogens is 366 g/mol. The smallest absolute Gasteiger partial charge is 0.303 e. The standard InChI is InChI=1S/C24H41NO4/c26-21(18-9-5-6-10-18)17-25-16-8-7-12-20-19(22-14-15-23(20)29-22)11-3-1-2-4-13-24(27)28/h1,3,18-23,25-26H,2,4-17H2,(H,27,28)/t19-,20+,21?,22-,23+/m1/s1. The third kappa shape index (κ3) is 7.08. The number of aliphatic hydroxyl groups excluding tert-OH is 1. The number of rotatable bonds is 14. The van der Waals surface area contributed by atoms with Crippen molar-refractivity contribution in [3.63, 3.8) is 0 Å². The minimum atomic E-state index is -0.706. The number of unbranched alkanes of at least 4 members (excludes halogenated alkanes) is 2. The van der Waals surface area contributed by atoms with Crippen LogP contribution < -0.4 is 5.32 Å². The normalized spacial score (nSPS) is 30.5. The topological polar surface area (TPSA) is 78.8 Å². The molecule has 0 aromatic rings. The summed E-state index contributed by atoms with van der Waals surface area (Å²) in [6.45, 7) is 1.75. The fourth-order valence-electron chi connectivity index (χ4n) is 5.73. The first kappa shape index (κ1) is 22.8. The number of carbonyl (C=O) groups is 1. The van der Waals surface area contributed by atoms with Crippen molar-refractivity contribution in [3.05, 3.63) is 12.2 Å². The maximum atomic E-state index is 10.6. The summed E-state index contributed by atoms with van der Waals surface area (Å²) in [5.41, 5.74) is 0. The molecule has 0 amide bonds. The van der Waals surface area contributed by atoms with Crippen LogP contribution in [0, 0.1) is 17.8 Å². The van der Waals surface area contributed by atoms with E-state index in [0.717, 1.165) is 32.4 Å². The van der Waals surface area contributed by atoms with Gasteiger partial charge >= 0.3 is 5.97 Å². The van der Waals surface area contributed by atoms with Gasteiger partial charge in [-0.05, 0) is 82.1 Å². The maximum Gasteiger partial charge on any atom is 0.303 e. The average molecular weight is 408 g/mol. The number of allylic oxidation sites excluding steroid dienone is 2. The molecule has 1 saturated carbocycles. The minimum absolute atomic E-state index is 0.164. The molecule has 1 aliphatic carbocycles. The lowest BCUT2D eigenvalue weighted by molar-refractivity contribution is -0.137. The second kappa shape index (κ2) is 12.1. The maximum absolute atomic E-state index is 10.6. The second-order valence-corrected chi connectivity index (χ2v) is 9.42. The van der Waals surface area contributed by atoms with Crippen LogP contribution in [0.4, 0.5) is 0 Å². The van der Waals surface area contributed by atoms with Crippen molar-refractivity contribution in [2.75, 3.05) is 13.1 Å². The van der Waals surface area contributed by atoms with Crippen molar-refractivity contribution in [1.82, 2.24) is 5.32 Å². The van der Waals surface area contributed by atoms with E-state index in [1.54, 1.807) is 0 Å². The van der Waals surface area contributed by atoms with E-state index in [1.807, 2.05) is 0 Å². The molecule has 0 aromatic heterocycles. The minimum Gasteiger partial charge on any atom is -0.481 e. The fraction of sp³-hybridized carbons (Fsp3) is 0.875. The van der Waals surface area contributed by atoms with Crippen LogP contribution in [0.1, 0.15) is 83.5 Å². The van der Waals surface area contributed by atoms with E-state index in [-0.39, 0.29) is 12.5 Å². The van der Waals surface area contributed by atoms with Gasteiger partial charge in [-0.1, -0.05) is 31.4 Å². The summed E-state index contributed by atoms with van der Waals surface area (Å²) in [7, 11) is 0. The highest BCUT2D eigenvalue weighted by atomic mass is 16.5. The molecule has 0 radical (unpaired) electrons. The Morgan fingerprint density at radius 1 is 1.03 bits per heavy atom. The molecular formula is C24H41NO4. The Labute approximate surface area is 176 Å². The molecule has 0 aromatic carbocycles. The molecule has 0 spiro atoms. The molecule has 2 heterocycles. The van der Waals surface area contributed by atoms with E-state index >= 15 is 0 Å². The third-order valence-corrected chi connectivity index (χ3v) is 7.37. The van der Waals surface area contributed by atoms with Gasteiger partial charge in [-0.15, -0.1) is 0 Å². The lowest BCUT2D eigenvalue weighted by Gasteiger charge is -2.27. The Morgan fingerprint density at radius 2 is 1.79 bits per heavy atom.